The quantitative estimate of drug-likeness (QED) is 0.736. The normalized spacial score (nSPS) is 21.3. The molecule has 0 amide bonds. The predicted molar refractivity (Wildman–Crippen MR) is 64.8 cm³/mol. The Morgan fingerprint density at radius 2 is 1.78 bits per heavy atom. The molecule has 0 bridgehead atoms. The first-order valence-corrected chi connectivity index (χ1v) is 6.22. The average molecular weight is 256 g/mol. The van der Waals surface area contributed by atoms with Gasteiger partial charge in [0.05, 0.1) is 22.5 Å². The Morgan fingerprint density at radius 3 is 2.44 bits per heavy atom. The summed E-state index contributed by atoms with van der Waals surface area (Å²) in [5, 5.41) is 6.57. The number of halogens is 3. The van der Waals surface area contributed by atoms with Gasteiger partial charge in [0.15, 0.2) is 0 Å². The third-order valence-corrected chi connectivity index (χ3v) is 3.92. The minimum atomic E-state index is -4.28. The molecule has 1 saturated carbocycles. The van der Waals surface area contributed by atoms with E-state index in [1.165, 1.54) is 25.0 Å². The van der Waals surface area contributed by atoms with Gasteiger partial charge in [-0.2, -0.15) is 13.2 Å². The molecule has 1 aromatic carbocycles. The van der Waals surface area contributed by atoms with Gasteiger partial charge < -0.3 is 10.6 Å². The Labute approximate surface area is 104 Å². The lowest BCUT2D eigenvalue weighted by molar-refractivity contribution is -0.137. The van der Waals surface area contributed by atoms with Crippen LogP contribution >= 0.6 is 0 Å². The van der Waals surface area contributed by atoms with Gasteiger partial charge in [-0.05, 0) is 31.0 Å². The first kappa shape index (κ1) is 11.7. The number of alkyl halides is 3. The molecule has 3 rings (SSSR count). The van der Waals surface area contributed by atoms with Crippen molar-refractivity contribution in [2.24, 2.45) is 0 Å². The second kappa shape index (κ2) is 3.80. The molecular weight excluding hydrogens is 241 g/mol. The van der Waals surface area contributed by atoms with Crippen LogP contribution in [0.1, 0.15) is 31.2 Å². The second-order valence-corrected chi connectivity index (χ2v) is 5.22. The van der Waals surface area contributed by atoms with Crippen LogP contribution in [0.15, 0.2) is 18.2 Å². The maximum absolute atomic E-state index is 12.6. The molecule has 1 aromatic rings. The molecule has 1 aliphatic heterocycles. The number of fused-ring (bicyclic) bond motifs is 1. The fourth-order valence-electron chi connectivity index (χ4n) is 2.92. The molecule has 1 heterocycles. The van der Waals surface area contributed by atoms with E-state index in [1.54, 1.807) is 0 Å². The van der Waals surface area contributed by atoms with Gasteiger partial charge >= 0.3 is 6.18 Å². The van der Waals surface area contributed by atoms with Crippen molar-refractivity contribution in [1.29, 1.82) is 0 Å². The van der Waals surface area contributed by atoms with E-state index in [-0.39, 0.29) is 5.54 Å². The Morgan fingerprint density at radius 1 is 1.06 bits per heavy atom. The molecule has 98 valence electrons. The number of benzene rings is 1. The highest BCUT2D eigenvalue weighted by Gasteiger charge is 2.38. The van der Waals surface area contributed by atoms with Crippen LogP contribution in [0.3, 0.4) is 0 Å². The van der Waals surface area contributed by atoms with Crippen LogP contribution < -0.4 is 10.6 Å². The van der Waals surface area contributed by atoms with Crippen LogP contribution in [0.5, 0.6) is 0 Å². The van der Waals surface area contributed by atoms with Crippen molar-refractivity contribution in [2.75, 3.05) is 17.2 Å². The lowest BCUT2D eigenvalue weighted by atomic mass is 9.94. The summed E-state index contributed by atoms with van der Waals surface area (Å²) in [6, 6.07) is 3.86. The predicted octanol–water partition coefficient (Wildman–Crippen LogP) is 3.86. The summed E-state index contributed by atoms with van der Waals surface area (Å²) in [5.74, 6) is 0. The van der Waals surface area contributed by atoms with Crippen molar-refractivity contribution >= 4 is 11.4 Å². The SMILES string of the molecule is FC(F)(F)c1ccc2c(c1)NCC1(CCCC1)N2. The average Bonchev–Trinajstić information content (AvgIpc) is 2.75. The summed E-state index contributed by atoms with van der Waals surface area (Å²) < 4.78 is 37.8. The first-order valence-electron chi connectivity index (χ1n) is 6.22. The molecule has 5 heteroatoms. The fraction of sp³-hybridized carbons (Fsp3) is 0.538. The molecule has 2 N–H and O–H groups in total. The van der Waals surface area contributed by atoms with Gasteiger partial charge in [0, 0.05) is 6.54 Å². The van der Waals surface area contributed by atoms with Gasteiger partial charge in [-0.1, -0.05) is 12.8 Å². The molecule has 0 atom stereocenters. The van der Waals surface area contributed by atoms with Crippen LogP contribution in [0.2, 0.25) is 0 Å². The van der Waals surface area contributed by atoms with Crippen molar-refractivity contribution in [1.82, 2.24) is 0 Å². The second-order valence-electron chi connectivity index (χ2n) is 5.22. The summed E-state index contributed by atoms with van der Waals surface area (Å²) in [6.07, 6.45) is 0.259. The number of hydrogen-bond acceptors (Lipinski definition) is 2. The number of anilines is 2. The van der Waals surface area contributed by atoms with Gasteiger partial charge in [-0.15, -0.1) is 0 Å². The molecule has 0 radical (unpaired) electrons. The Balaban J connectivity index is 1.90. The highest BCUT2D eigenvalue weighted by Crippen LogP contribution is 2.41. The van der Waals surface area contributed by atoms with E-state index in [0.717, 1.165) is 24.6 Å². The molecular formula is C13H15F3N2. The van der Waals surface area contributed by atoms with Crippen molar-refractivity contribution in [3.8, 4) is 0 Å². The first-order chi connectivity index (χ1) is 8.49. The number of nitrogens with one attached hydrogen (secondary N) is 2. The van der Waals surface area contributed by atoms with Gasteiger partial charge in [0.2, 0.25) is 0 Å². The molecule has 0 saturated heterocycles. The van der Waals surface area contributed by atoms with Crippen LogP contribution in [-0.2, 0) is 6.18 Å². The molecule has 2 aliphatic rings. The number of hydrogen-bond donors (Lipinski definition) is 2. The van der Waals surface area contributed by atoms with Gasteiger partial charge in [-0.25, -0.2) is 0 Å². The minimum Gasteiger partial charge on any atom is -0.381 e. The maximum Gasteiger partial charge on any atom is 0.416 e. The standard InChI is InChI=1S/C13H15F3N2/c14-13(15,16)9-3-4-10-11(7-9)17-8-12(18-10)5-1-2-6-12/h3-4,7,17-18H,1-2,5-6,8H2. The summed E-state index contributed by atoms with van der Waals surface area (Å²) >= 11 is 0. The summed E-state index contributed by atoms with van der Waals surface area (Å²) in [6.45, 7) is 0.710. The largest absolute Gasteiger partial charge is 0.416 e. The van der Waals surface area contributed by atoms with Crippen molar-refractivity contribution in [3.63, 3.8) is 0 Å². The van der Waals surface area contributed by atoms with E-state index in [2.05, 4.69) is 10.6 Å². The third kappa shape index (κ3) is 1.91. The van der Waals surface area contributed by atoms with Crippen LogP contribution in [0.25, 0.3) is 0 Å². The molecule has 1 aliphatic carbocycles. The van der Waals surface area contributed by atoms with Crippen molar-refractivity contribution in [3.05, 3.63) is 23.8 Å². The zero-order valence-electron chi connectivity index (χ0n) is 9.90. The third-order valence-electron chi connectivity index (χ3n) is 3.92. The summed E-state index contributed by atoms with van der Waals surface area (Å²) in [4.78, 5) is 0. The topological polar surface area (TPSA) is 24.1 Å². The number of rotatable bonds is 0. The molecule has 0 aromatic heterocycles. The monoisotopic (exact) mass is 256 g/mol. The Bertz CT molecular complexity index is 462. The van der Waals surface area contributed by atoms with Gasteiger partial charge in [-0.3, -0.25) is 0 Å². The summed E-state index contributed by atoms with van der Waals surface area (Å²) in [7, 11) is 0. The highest BCUT2D eigenvalue weighted by atomic mass is 19.4. The highest BCUT2D eigenvalue weighted by molar-refractivity contribution is 5.73. The zero-order valence-corrected chi connectivity index (χ0v) is 9.90. The molecule has 0 unspecified atom stereocenters. The molecule has 18 heavy (non-hydrogen) atoms. The fourth-order valence-corrected chi connectivity index (χ4v) is 2.92. The molecule has 2 nitrogen and oxygen atoms in total. The van der Waals surface area contributed by atoms with E-state index >= 15 is 0 Å². The lowest BCUT2D eigenvalue weighted by Crippen LogP contribution is -2.45. The van der Waals surface area contributed by atoms with E-state index in [4.69, 9.17) is 0 Å². The van der Waals surface area contributed by atoms with Gasteiger partial charge in [0.1, 0.15) is 0 Å². The maximum atomic E-state index is 12.6. The van der Waals surface area contributed by atoms with Crippen LogP contribution in [0, 0.1) is 0 Å². The van der Waals surface area contributed by atoms with Crippen LogP contribution in [-0.4, -0.2) is 12.1 Å². The minimum absolute atomic E-state index is 0.0484. The molecule has 1 spiro atoms. The molecule has 1 fully saturated rings. The van der Waals surface area contributed by atoms with Crippen molar-refractivity contribution in [2.45, 2.75) is 37.4 Å². The lowest BCUT2D eigenvalue weighted by Gasteiger charge is -2.38. The zero-order chi connectivity index (χ0) is 12.8. The van der Waals surface area contributed by atoms with Crippen LogP contribution in [0.4, 0.5) is 24.5 Å². The van der Waals surface area contributed by atoms with Crippen molar-refractivity contribution < 1.29 is 13.2 Å². The van der Waals surface area contributed by atoms with E-state index < -0.39 is 11.7 Å². The van der Waals surface area contributed by atoms with Gasteiger partial charge in [0.25, 0.3) is 0 Å². The Hall–Kier alpha value is -1.39. The Kier molecular flexibility index (Phi) is 2.47. The van der Waals surface area contributed by atoms with E-state index in [0.29, 0.717) is 12.2 Å². The smallest absolute Gasteiger partial charge is 0.381 e. The summed E-state index contributed by atoms with van der Waals surface area (Å²) in [5.41, 5.74) is 0.795. The van der Waals surface area contributed by atoms with E-state index in [1.807, 2.05) is 0 Å². The van der Waals surface area contributed by atoms with E-state index in [9.17, 15) is 13.2 Å².